The summed E-state index contributed by atoms with van der Waals surface area (Å²) in [5.41, 5.74) is 6.36. The molecule has 140 valence electrons. The number of rotatable bonds is 1. The van der Waals surface area contributed by atoms with Crippen molar-refractivity contribution in [2.75, 3.05) is 5.73 Å². The summed E-state index contributed by atoms with van der Waals surface area (Å²) in [5, 5.41) is -0.402. The Bertz CT molecular complexity index is 1020. The van der Waals surface area contributed by atoms with Gasteiger partial charge >= 0.3 is 0 Å². The van der Waals surface area contributed by atoms with E-state index in [1.165, 1.54) is 4.90 Å². The van der Waals surface area contributed by atoms with Crippen molar-refractivity contribution in [3.8, 4) is 0 Å². The number of amides is 3. The number of benzene rings is 1. The first-order valence-electron chi connectivity index (χ1n) is 9.76. The van der Waals surface area contributed by atoms with E-state index in [2.05, 4.69) is 5.32 Å². The maximum Gasteiger partial charge on any atom is 0.253 e. The quantitative estimate of drug-likeness (QED) is 0.286. The number of hydrogen-bond acceptors (Lipinski definition) is 4. The van der Waals surface area contributed by atoms with E-state index in [1.807, 2.05) is 31.4 Å². The second-order valence-corrected chi connectivity index (χ2v) is 10.0. The molecule has 0 aromatic heterocycles. The lowest BCUT2D eigenvalue weighted by Gasteiger charge is -2.62. The van der Waals surface area contributed by atoms with E-state index in [0.29, 0.717) is 5.56 Å². The lowest BCUT2D eigenvalue weighted by Crippen LogP contribution is -2.78. The fourth-order valence-electron chi connectivity index (χ4n) is 5.10. The van der Waals surface area contributed by atoms with Crippen LogP contribution in [-0.4, -0.2) is 98.7 Å². The molecule has 0 saturated carbocycles. The zero-order valence-electron chi connectivity index (χ0n) is 18.6. The van der Waals surface area contributed by atoms with Crippen LogP contribution in [0.1, 0.15) is 15.9 Å². The maximum atomic E-state index is 14.8. The van der Waals surface area contributed by atoms with Gasteiger partial charge in [-0.05, 0) is 21.7 Å². The van der Waals surface area contributed by atoms with E-state index < -0.39 is 38.8 Å². The lowest BCUT2D eigenvalue weighted by atomic mass is 9.21. The zero-order chi connectivity index (χ0) is 22.5. The number of carbonyl (C=O) groups excluding carboxylic acids is 3. The number of halogens is 1. The average molecular weight is 384 g/mol. The topological polar surface area (TPSA) is 92.5 Å². The van der Waals surface area contributed by atoms with Crippen LogP contribution in [0.15, 0.2) is 0 Å². The van der Waals surface area contributed by atoms with Crippen molar-refractivity contribution in [3.05, 3.63) is 16.9 Å². The molecule has 3 amide bonds. The number of carbonyl (C=O) groups is 3. The molecule has 2 aliphatic heterocycles. The van der Waals surface area contributed by atoms with Gasteiger partial charge in [-0.2, -0.15) is 0 Å². The molecule has 1 fully saturated rings. The van der Waals surface area contributed by atoms with Gasteiger partial charge in [0.05, 0.1) is 5.44 Å². The summed E-state index contributed by atoms with van der Waals surface area (Å²) in [6.45, 7) is 0. The van der Waals surface area contributed by atoms with Gasteiger partial charge in [0.15, 0.2) is 0 Å². The highest BCUT2D eigenvalue weighted by molar-refractivity contribution is 6.67. The molecular formula is C13H21B9FN3O3. The molecule has 29 heavy (non-hydrogen) atoms. The highest BCUT2D eigenvalue weighted by Crippen LogP contribution is 2.57. The van der Waals surface area contributed by atoms with Crippen molar-refractivity contribution in [1.82, 2.24) is 10.2 Å². The molecule has 2 aliphatic rings. The zero-order valence-corrected chi connectivity index (χ0v) is 18.6. The Morgan fingerprint density at radius 1 is 0.897 bits per heavy atom. The molecule has 2 heterocycles. The summed E-state index contributed by atoms with van der Waals surface area (Å²) in [6, 6.07) is 0. The van der Waals surface area contributed by atoms with Gasteiger partial charge in [-0.15, -0.1) is 0 Å². The molecule has 1 atom stereocenters. The summed E-state index contributed by atoms with van der Waals surface area (Å²) < 4.78 is 14.8. The molecule has 6 nitrogen and oxygen atoms in total. The third-order valence-electron chi connectivity index (χ3n) is 8.01. The first kappa shape index (κ1) is 21.8. The summed E-state index contributed by atoms with van der Waals surface area (Å²) in [5.74, 6) is -1.90. The number of nitrogens with zero attached hydrogens (tertiary/aromatic N) is 1. The number of fused-ring (bicyclic) bond motifs is 1. The van der Waals surface area contributed by atoms with Gasteiger partial charge in [0, 0.05) is 16.6 Å². The van der Waals surface area contributed by atoms with E-state index in [4.69, 9.17) is 5.73 Å². The van der Waals surface area contributed by atoms with E-state index in [9.17, 15) is 18.8 Å². The Labute approximate surface area is 178 Å². The third kappa shape index (κ3) is 2.26. The van der Waals surface area contributed by atoms with Crippen LogP contribution in [0.5, 0.6) is 0 Å². The van der Waals surface area contributed by atoms with Gasteiger partial charge in [0.25, 0.3) is 5.91 Å². The van der Waals surface area contributed by atoms with Crippen molar-refractivity contribution in [2.45, 2.75) is 21.2 Å². The van der Waals surface area contributed by atoms with Crippen molar-refractivity contribution >= 4 is 105 Å². The number of imide groups is 1. The highest BCUT2D eigenvalue weighted by Gasteiger charge is 2.67. The minimum Gasteiger partial charge on any atom is -0.399 e. The monoisotopic (exact) mass is 385 g/mol. The standard InChI is InChI=1S/C13H21B9FN3O3/c14-3-1-2(6(24)4(15)5(3)23)12(19,20)26(7(1)27)11(18)9(29)25-8(28)10(16,17)13(11,21)22/h14-22,24H2,(H,25,28,29)/t11-/m1/s1. The molecule has 0 spiro atoms. The third-order valence-corrected chi connectivity index (χ3v) is 8.01. The SMILES string of the molecule is Bc1c(N)c2c(c(B)c1F)C(=O)N([C@]1(B)C(=O)NC(=O)C(B)(B)C1(B)B)C2(B)B. The minimum atomic E-state index is -1.38. The van der Waals surface area contributed by atoms with Crippen molar-refractivity contribution in [1.29, 1.82) is 0 Å². The maximum absolute atomic E-state index is 14.8. The molecule has 1 aromatic carbocycles. The molecule has 0 radical (unpaired) electrons. The molecule has 3 rings (SSSR count). The molecule has 16 heteroatoms. The summed E-state index contributed by atoms with van der Waals surface area (Å²) in [7, 11) is 15.6. The second-order valence-electron chi connectivity index (χ2n) is 10.0. The largest absolute Gasteiger partial charge is 0.399 e. The van der Waals surface area contributed by atoms with Gasteiger partial charge < -0.3 is 10.6 Å². The van der Waals surface area contributed by atoms with Crippen molar-refractivity contribution in [2.24, 2.45) is 0 Å². The Morgan fingerprint density at radius 2 is 1.41 bits per heavy atom. The summed E-state index contributed by atoms with van der Waals surface area (Å²) >= 11 is 0. The van der Waals surface area contributed by atoms with Crippen LogP contribution in [0.25, 0.3) is 0 Å². The predicted molar refractivity (Wildman–Crippen MR) is 136 cm³/mol. The number of nitrogens with two attached hydrogens (primary N) is 1. The lowest BCUT2D eigenvalue weighted by molar-refractivity contribution is -0.141. The second kappa shape index (κ2) is 5.85. The average Bonchev–Trinajstić information content (AvgIpc) is 2.81. The van der Waals surface area contributed by atoms with Gasteiger partial charge in [0.1, 0.15) is 76.4 Å². The normalized spacial score (nSPS) is 26.8. The smallest absolute Gasteiger partial charge is 0.253 e. The Hall–Kier alpha value is -1.86. The van der Waals surface area contributed by atoms with Gasteiger partial charge in [-0.1, -0.05) is 5.21 Å². The number of anilines is 1. The summed E-state index contributed by atoms with van der Waals surface area (Å²) in [6.07, 6.45) is 0. The Morgan fingerprint density at radius 3 is 1.93 bits per heavy atom. The fraction of sp³-hybridized carbons (Fsp3) is 0.308. The van der Waals surface area contributed by atoms with Crippen LogP contribution in [0.2, 0.25) is 10.4 Å². The van der Waals surface area contributed by atoms with E-state index >= 15 is 0 Å². The molecule has 0 unspecified atom stereocenters. The Balaban J connectivity index is 2.37. The van der Waals surface area contributed by atoms with Crippen LogP contribution < -0.4 is 22.0 Å². The minimum absolute atomic E-state index is 0.204. The number of hydrogen-bond donors (Lipinski definition) is 2. The first-order valence-corrected chi connectivity index (χ1v) is 9.76. The molecule has 1 saturated heterocycles. The van der Waals surface area contributed by atoms with Crippen molar-refractivity contribution in [3.63, 3.8) is 0 Å². The first-order chi connectivity index (χ1) is 13.0. The molecule has 3 N–H and O–H groups in total. The number of nitrogen functional groups attached to an aromatic ring is 1. The molecule has 0 aliphatic carbocycles. The van der Waals surface area contributed by atoms with Crippen LogP contribution in [0, 0.1) is 5.82 Å². The van der Waals surface area contributed by atoms with E-state index in [1.54, 1.807) is 39.2 Å². The Kier molecular flexibility index (Phi) is 4.41. The van der Waals surface area contributed by atoms with Gasteiger partial charge in [0.2, 0.25) is 11.8 Å². The predicted octanol–water partition coefficient (Wildman–Crippen LogP) is -10.5. The highest BCUT2D eigenvalue weighted by atomic mass is 19.1. The summed E-state index contributed by atoms with van der Waals surface area (Å²) in [4.78, 5) is 41.1. The van der Waals surface area contributed by atoms with Crippen LogP contribution in [0.4, 0.5) is 10.1 Å². The number of nitrogens with one attached hydrogen (secondary N) is 1. The fourth-order valence-corrected chi connectivity index (χ4v) is 5.10. The van der Waals surface area contributed by atoms with Gasteiger partial charge in [-0.25, -0.2) is 4.39 Å². The van der Waals surface area contributed by atoms with Crippen LogP contribution in [-0.2, 0) is 14.9 Å². The van der Waals surface area contributed by atoms with Gasteiger partial charge in [-0.3, -0.25) is 19.7 Å². The molecule has 1 aromatic rings. The van der Waals surface area contributed by atoms with E-state index in [-0.39, 0.29) is 28.1 Å². The van der Waals surface area contributed by atoms with E-state index in [0.717, 1.165) is 0 Å². The van der Waals surface area contributed by atoms with Crippen LogP contribution >= 0.6 is 0 Å². The van der Waals surface area contributed by atoms with Crippen LogP contribution in [0.3, 0.4) is 0 Å². The van der Waals surface area contributed by atoms with Crippen molar-refractivity contribution < 1.29 is 18.8 Å². The molecule has 0 bridgehead atoms. The number of piperidine rings is 1. The molecular weight excluding hydrogens is 362 g/mol.